The van der Waals surface area contributed by atoms with Gasteiger partial charge in [-0.05, 0) is 18.9 Å². The summed E-state index contributed by atoms with van der Waals surface area (Å²) in [6.45, 7) is 0. The van der Waals surface area contributed by atoms with Crippen LogP contribution < -0.4 is 0 Å². The average molecular weight is 258 g/mol. The zero-order valence-electron chi connectivity index (χ0n) is 9.46. The average Bonchev–Trinajstić information content (AvgIpc) is 2.61. The standard InChI is InChI=1S/C10H14N2O4S/c1-12-9(6-8(11-12)10(13)14)7-2-4-17(15,16)5-3-7/h6-7H,2-5H2,1H3,(H,13,14). The number of hydrogen-bond donors (Lipinski definition) is 1. The quantitative estimate of drug-likeness (QED) is 0.830. The Morgan fingerprint density at radius 2 is 2.06 bits per heavy atom. The van der Waals surface area contributed by atoms with Crippen LogP contribution in [0.5, 0.6) is 0 Å². The third-order valence-electron chi connectivity index (χ3n) is 3.11. The zero-order valence-corrected chi connectivity index (χ0v) is 10.3. The Morgan fingerprint density at radius 3 is 2.53 bits per heavy atom. The molecule has 0 aromatic carbocycles. The van der Waals surface area contributed by atoms with E-state index in [1.165, 1.54) is 10.7 Å². The Balaban J connectivity index is 2.21. The molecule has 2 heterocycles. The zero-order chi connectivity index (χ0) is 12.6. The van der Waals surface area contributed by atoms with Crippen LogP contribution in [0.3, 0.4) is 0 Å². The van der Waals surface area contributed by atoms with Crippen LogP contribution in [0, 0.1) is 0 Å². The molecule has 0 amide bonds. The Hall–Kier alpha value is -1.37. The predicted molar refractivity (Wildman–Crippen MR) is 60.8 cm³/mol. The lowest BCUT2D eigenvalue weighted by Crippen LogP contribution is -2.23. The van der Waals surface area contributed by atoms with Crippen LogP contribution in [0.2, 0.25) is 0 Å². The van der Waals surface area contributed by atoms with Crippen molar-refractivity contribution in [3.63, 3.8) is 0 Å². The second-order valence-corrected chi connectivity index (χ2v) is 6.61. The molecule has 7 heteroatoms. The van der Waals surface area contributed by atoms with E-state index in [9.17, 15) is 13.2 Å². The summed E-state index contributed by atoms with van der Waals surface area (Å²) in [5.41, 5.74) is 0.813. The summed E-state index contributed by atoms with van der Waals surface area (Å²) in [6, 6.07) is 1.53. The van der Waals surface area contributed by atoms with Gasteiger partial charge in [0.05, 0.1) is 11.5 Å². The molecule has 0 radical (unpaired) electrons. The van der Waals surface area contributed by atoms with E-state index in [2.05, 4.69) is 5.10 Å². The molecule has 0 atom stereocenters. The first-order valence-corrected chi connectivity index (χ1v) is 7.19. The van der Waals surface area contributed by atoms with E-state index >= 15 is 0 Å². The van der Waals surface area contributed by atoms with Crippen LogP contribution >= 0.6 is 0 Å². The van der Waals surface area contributed by atoms with Crippen LogP contribution in [0.1, 0.15) is 34.9 Å². The van der Waals surface area contributed by atoms with Gasteiger partial charge in [0.15, 0.2) is 5.69 Å². The number of nitrogens with zero attached hydrogens (tertiary/aromatic N) is 2. The summed E-state index contributed by atoms with van der Waals surface area (Å²) >= 11 is 0. The number of hydrogen-bond acceptors (Lipinski definition) is 4. The molecule has 1 aliphatic rings. The van der Waals surface area contributed by atoms with E-state index in [0.29, 0.717) is 12.8 Å². The monoisotopic (exact) mass is 258 g/mol. The maximum atomic E-state index is 11.3. The molecular formula is C10H14N2O4S. The minimum Gasteiger partial charge on any atom is -0.476 e. The van der Waals surface area contributed by atoms with Gasteiger partial charge >= 0.3 is 5.97 Å². The first-order chi connectivity index (χ1) is 7.89. The molecule has 1 aromatic rings. The Kier molecular flexibility index (Phi) is 2.94. The van der Waals surface area contributed by atoms with Crippen molar-refractivity contribution in [2.45, 2.75) is 18.8 Å². The van der Waals surface area contributed by atoms with E-state index < -0.39 is 15.8 Å². The van der Waals surface area contributed by atoms with Gasteiger partial charge in [-0.15, -0.1) is 0 Å². The Bertz CT molecular complexity index is 533. The normalized spacial score (nSPS) is 20.3. The second-order valence-electron chi connectivity index (χ2n) is 4.31. The molecule has 94 valence electrons. The third kappa shape index (κ3) is 2.49. The molecule has 0 aliphatic carbocycles. The molecule has 1 saturated heterocycles. The van der Waals surface area contributed by atoms with Crippen molar-refractivity contribution in [1.29, 1.82) is 0 Å². The fourth-order valence-electron chi connectivity index (χ4n) is 2.15. The largest absolute Gasteiger partial charge is 0.476 e. The van der Waals surface area contributed by atoms with Crippen molar-refractivity contribution >= 4 is 15.8 Å². The van der Waals surface area contributed by atoms with Crippen molar-refractivity contribution in [3.8, 4) is 0 Å². The minimum absolute atomic E-state index is 0.0101. The van der Waals surface area contributed by atoms with Gasteiger partial charge in [-0.2, -0.15) is 5.10 Å². The van der Waals surface area contributed by atoms with Crippen LogP contribution in [-0.2, 0) is 16.9 Å². The maximum absolute atomic E-state index is 11.3. The Morgan fingerprint density at radius 1 is 1.47 bits per heavy atom. The molecule has 1 fully saturated rings. The van der Waals surface area contributed by atoms with Crippen molar-refractivity contribution < 1.29 is 18.3 Å². The van der Waals surface area contributed by atoms with Gasteiger partial charge in [0.2, 0.25) is 0 Å². The lowest BCUT2D eigenvalue weighted by atomic mass is 9.98. The van der Waals surface area contributed by atoms with Crippen LogP contribution in [-0.4, -0.2) is 40.8 Å². The smallest absolute Gasteiger partial charge is 0.356 e. The number of aromatic carboxylic acids is 1. The minimum atomic E-state index is -2.89. The van der Waals surface area contributed by atoms with Gasteiger partial charge in [-0.1, -0.05) is 0 Å². The Labute approximate surface area is 99.2 Å². The fourth-order valence-corrected chi connectivity index (χ4v) is 3.65. The molecule has 0 spiro atoms. The van der Waals surface area contributed by atoms with Crippen molar-refractivity contribution in [2.75, 3.05) is 11.5 Å². The van der Waals surface area contributed by atoms with E-state index in [1.807, 2.05) is 0 Å². The molecular weight excluding hydrogens is 244 g/mol. The number of carbonyl (C=O) groups is 1. The van der Waals surface area contributed by atoms with Gasteiger partial charge in [0.1, 0.15) is 9.84 Å². The first kappa shape index (κ1) is 12.1. The van der Waals surface area contributed by atoms with E-state index in [0.717, 1.165) is 5.69 Å². The molecule has 17 heavy (non-hydrogen) atoms. The molecule has 0 unspecified atom stereocenters. The van der Waals surface area contributed by atoms with E-state index in [1.54, 1.807) is 7.05 Å². The summed E-state index contributed by atoms with van der Waals surface area (Å²) in [7, 11) is -1.21. The molecule has 2 rings (SSSR count). The van der Waals surface area contributed by atoms with Gasteiger partial charge in [0.25, 0.3) is 0 Å². The lowest BCUT2D eigenvalue weighted by molar-refractivity contribution is 0.0689. The number of carboxylic acids is 1. The van der Waals surface area contributed by atoms with Crippen molar-refractivity contribution in [1.82, 2.24) is 9.78 Å². The SMILES string of the molecule is Cn1nc(C(=O)O)cc1C1CCS(=O)(=O)CC1. The van der Waals surface area contributed by atoms with Gasteiger partial charge in [-0.3, -0.25) is 4.68 Å². The molecule has 1 aliphatic heterocycles. The highest BCUT2D eigenvalue weighted by Crippen LogP contribution is 2.29. The number of aromatic nitrogens is 2. The van der Waals surface area contributed by atoms with Crippen molar-refractivity contribution in [2.24, 2.45) is 7.05 Å². The van der Waals surface area contributed by atoms with E-state index in [-0.39, 0.29) is 23.1 Å². The first-order valence-electron chi connectivity index (χ1n) is 5.37. The van der Waals surface area contributed by atoms with Gasteiger partial charge in [0, 0.05) is 18.7 Å². The number of sulfone groups is 1. The van der Waals surface area contributed by atoms with Gasteiger partial charge in [-0.25, -0.2) is 13.2 Å². The second kappa shape index (κ2) is 4.14. The number of carboxylic acid groups (broad SMARTS) is 1. The number of aryl methyl sites for hydroxylation is 1. The highest BCUT2D eigenvalue weighted by molar-refractivity contribution is 7.91. The highest BCUT2D eigenvalue weighted by atomic mass is 32.2. The summed E-state index contributed by atoms with van der Waals surface area (Å²) in [5, 5.41) is 12.7. The van der Waals surface area contributed by atoms with Crippen LogP contribution in [0.15, 0.2) is 6.07 Å². The maximum Gasteiger partial charge on any atom is 0.356 e. The fraction of sp³-hybridized carbons (Fsp3) is 0.600. The molecule has 6 nitrogen and oxygen atoms in total. The molecule has 0 saturated carbocycles. The summed E-state index contributed by atoms with van der Waals surface area (Å²) in [6.07, 6.45) is 1.09. The topological polar surface area (TPSA) is 89.3 Å². The van der Waals surface area contributed by atoms with Crippen LogP contribution in [0.25, 0.3) is 0 Å². The molecule has 1 aromatic heterocycles. The van der Waals surface area contributed by atoms with Crippen LogP contribution in [0.4, 0.5) is 0 Å². The predicted octanol–water partition coefficient (Wildman–Crippen LogP) is 0.411. The summed E-state index contributed by atoms with van der Waals surface area (Å²) in [5.74, 6) is -0.629. The molecule has 1 N–H and O–H groups in total. The lowest BCUT2D eigenvalue weighted by Gasteiger charge is -2.21. The summed E-state index contributed by atoms with van der Waals surface area (Å²) < 4.78 is 24.2. The third-order valence-corrected chi connectivity index (χ3v) is 4.82. The highest BCUT2D eigenvalue weighted by Gasteiger charge is 2.27. The number of rotatable bonds is 2. The van der Waals surface area contributed by atoms with E-state index in [4.69, 9.17) is 5.11 Å². The van der Waals surface area contributed by atoms with Gasteiger partial charge < -0.3 is 5.11 Å². The molecule has 0 bridgehead atoms. The van der Waals surface area contributed by atoms with Crippen molar-refractivity contribution in [3.05, 3.63) is 17.5 Å². The summed E-state index contributed by atoms with van der Waals surface area (Å²) in [4.78, 5) is 10.8.